The SMILES string of the molecule is CSCCC(C)n1c(N)nc2cc(F)ccc21. The van der Waals surface area contributed by atoms with E-state index in [2.05, 4.69) is 18.2 Å². The van der Waals surface area contributed by atoms with Crippen molar-refractivity contribution in [2.75, 3.05) is 17.7 Å². The number of aromatic nitrogens is 2. The zero-order chi connectivity index (χ0) is 12.4. The van der Waals surface area contributed by atoms with E-state index < -0.39 is 0 Å². The summed E-state index contributed by atoms with van der Waals surface area (Å²) in [7, 11) is 0. The zero-order valence-electron chi connectivity index (χ0n) is 9.98. The molecular weight excluding hydrogens is 237 g/mol. The molecule has 17 heavy (non-hydrogen) atoms. The van der Waals surface area contributed by atoms with Crippen LogP contribution in [0.5, 0.6) is 0 Å². The molecule has 1 unspecified atom stereocenters. The smallest absolute Gasteiger partial charge is 0.201 e. The van der Waals surface area contributed by atoms with E-state index >= 15 is 0 Å². The molecule has 5 heteroatoms. The van der Waals surface area contributed by atoms with Crippen LogP contribution in [0.3, 0.4) is 0 Å². The lowest BCUT2D eigenvalue weighted by Crippen LogP contribution is -2.09. The van der Waals surface area contributed by atoms with Gasteiger partial charge in [-0.2, -0.15) is 11.8 Å². The largest absolute Gasteiger partial charge is 0.369 e. The van der Waals surface area contributed by atoms with Crippen molar-refractivity contribution in [3.05, 3.63) is 24.0 Å². The molecule has 0 saturated carbocycles. The van der Waals surface area contributed by atoms with Crippen molar-refractivity contribution < 1.29 is 4.39 Å². The van der Waals surface area contributed by atoms with Crippen molar-refractivity contribution in [1.29, 1.82) is 0 Å². The third-order valence-corrected chi connectivity index (χ3v) is 3.50. The van der Waals surface area contributed by atoms with E-state index in [0.29, 0.717) is 11.5 Å². The van der Waals surface area contributed by atoms with E-state index in [9.17, 15) is 4.39 Å². The molecule has 3 nitrogen and oxygen atoms in total. The van der Waals surface area contributed by atoms with Crippen molar-refractivity contribution in [3.63, 3.8) is 0 Å². The second-order valence-corrected chi connectivity index (χ2v) is 5.09. The molecule has 0 radical (unpaired) electrons. The lowest BCUT2D eigenvalue weighted by molar-refractivity contribution is 0.556. The highest BCUT2D eigenvalue weighted by molar-refractivity contribution is 7.98. The highest BCUT2D eigenvalue weighted by atomic mass is 32.2. The van der Waals surface area contributed by atoms with E-state index in [1.807, 2.05) is 4.57 Å². The van der Waals surface area contributed by atoms with E-state index in [4.69, 9.17) is 5.73 Å². The first-order valence-electron chi connectivity index (χ1n) is 5.55. The van der Waals surface area contributed by atoms with Gasteiger partial charge >= 0.3 is 0 Å². The van der Waals surface area contributed by atoms with Crippen LogP contribution < -0.4 is 5.73 Å². The van der Waals surface area contributed by atoms with Crippen molar-refractivity contribution in [2.24, 2.45) is 0 Å². The van der Waals surface area contributed by atoms with Crippen LogP contribution in [0.1, 0.15) is 19.4 Å². The highest BCUT2D eigenvalue weighted by Crippen LogP contribution is 2.25. The van der Waals surface area contributed by atoms with Crippen molar-refractivity contribution in [3.8, 4) is 0 Å². The number of rotatable bonds is 4. The molecule has 0 fully saturated rings. The third-order valence-electron chi connectivity index (χ3n) is 2.86. The lowest BCUT2D eigenvalue weighted by atomic mass is 10.2. The van der Waals surface area contributed by atoms with Crippen LogP contribution in [-0.2, 0) is 0 Å². The minimum atomic E-state index is -0.279. The summed E-state index contributed by atoms with van der Waals surface area (Å²) in [4.78, 5) is 4.20. The summed E-state index contributed by atoms with van der Waals surface area (Å²) < 4.78 is 15.1. The molecule has 0 bridgehead atoms. The molecule has 0 saturated heterocycles. The number of halogens is 1. The molecule has 0 aliphatic rings. The third kappa shape index (κ3) is 2.39. The standard InChI is InChI=1S/C12H16FN3S/c1-8(5-6-17-2)16-11-4-3-9(13)7-10(11)15-12(16)14/h3-4,7-8H,5-6H2,1-2H3,(H2,14,15). The van der Waals surface area contributed by atoms with Gasteiger partial charge in [0.2, 0.25) is 5.95 Å². The number of nitrogens with zero attached hydrogens (tertiary/aromatic N) is 2. The molecule has 2 rings (SSSR count). The number of imidazole rings is 1. The Morgan fingerprint density at radius 1 is 1.53 bits per heavy atom. The summed E-state index contributed by atoms with van der Waals surface area (Å²) in [5, 5.41) is 0. The Morgan fingerprint density at radius 3 is 3.00 bits per heavy atom. The molecule has 92 valence electrons. The number of nitrogens with two attached hydrogens (primary N) is 1. The maximum absolute atomic E-state index is 13.1. The van der Waals surface area contributed by atoms with Gasteiger partial charge in [-0.1, -0.05) is 0 Å². The van der Waals surface area contributed by atoms with E-state index in [-0.39, 0.29) is 11.9 Å². The molecule has 0 amide bonds. The van der Waals surface area contributed by atoms with Gasteiger partial charge in [-0.15, -0.1) is 0 Å². The number of hydrogen-bond acceptors (Lipinski definition) is 3. The van der Waals surface area contributed by atoms with Crippen LogP contribution in [-0.4, -0.2) is 21.6 Å². The number of nitrogen functional groups attached to an aromatic ring is 1. The Kier molecular flexibility index (Phi) is 3.57. The fourth-order valence-corrected chi connectivity index (χ4v) is 2.55. The molecule has 0 aliphatic carbocycles. The average Bonchev–Trinajstić information content (AvgIpc) is 2.61. The first kappa shape index (κ1) is 12.2. The molecule has 0 aliphatic heterocycles. The van der Waals surface area contributed by atoms with Crippen LogP contribution in [0.4, 0.5) is 10.3 Å². The van der Waals surface area contributed by atoms with Crippen LogP contribution in [0.15, 0.2) is 18.2 Å². The Bertz CT molecular complexity index is 524. The average molecular weight is 253 g/mol. The summed E-state index contributed by atoms with van der Waals surface area (Å²) >= 11 is 1.81. The van der Waals surface area contributed by atoms with Crippen molar-refractivity contribution in [2.45, 2.75) is 19.4 Å². The molecule has 1 aromatic heterocycles. The van der Waals surface area contributed by atoms with Crippen molar-refractivity contribution >= 4 is 28.7 Å². The Hall–Kier alpha value is -1.23. The van der Waals surface area contributed by atoms with Crippen LogP contribution >= 0.6 is 11.8 Å². The predicted octanol–water partition coefficient (Wildman–Crippen LogP) is 3.07. The Morgan fingerprint density at radius 2 is 2.29 bits per heavy atom. The second-order valence-electron chi connectivity index (χ2n) is 4.10. The summed E-state index contributed by atoms with van der Waals surface area (Å²) in [6.07, 6.45) is 3.10. The first-order chi connectivity index (χ1) is 8.13. The molecule has 2 aromatic rings. The maximum Gasteiger partial charge on any atom is 0.201 e. The number of thioether (sulfide) groups is 1. The number of fused-ring (bicyclic) bond motifs is 1. The van der Waals surface area contributed by atoms with Gasteiger partial charge in [0, 0.05) is 12.1 Å². The van der Waals surface area contributed by atoms with E-state index in [0.717, 1.165) is 17.7 Å². The summed E-state index contributed by atoms with van der Waals surface area (Å²) in [6, 6.07) is 4.88. The first-order valence-corrected chi connectivity index (χ1v) is 6.94. The molecule has 2 N–H and O–H groups in total. The molecule has 1 atom stereocenters. The predicted molar refractivity (Wildman–Crippen MR) is 71.8 cm³/mol. The normalized spacial score (nSPS) is 13.1. The minimum Gasteiger partial charge on any atom is -0.369 e. The molecule has 0 spiro atoms. The molecule has 1 aromatic carbocycles. The van der Waals surface area contributed by atoms with Gasteiger partial charge in [0.1, 0.15) is 5.82 Å². The minimum absolute atomic E-state index is 0.276. The van der Waals surface area contributed by atoms with Crippen LogP contribution in [0, 0.1) is 5.82 Å². The van der Waals surface area contributed by atoms with Crippen LogP contribution in [0.2, 0.25) is 0 Å². The van der Waals surface area contributed by atoms with Gasteiger partial charge in [0.15, 0.2) is 0 Å². The van der Waals surface area contributed by atoms with Gasteiger partial charge in [0.25, 0.3) is 0 Å². The van der Waals surface area contributed by atoms with Crippen LogP contribution in [0.25, 0.3) is 11.0 Å². The van der Waals surface area contributed by atoms with Gasteiger partial charge < -0.3 is 10.3 Å². The Balaban J connectivity index is 2.42. The van der Waals surface area contributed by atoms with E-state index in [1.54, 1.807) is 17.8 Å². The van der Waals surface area contributed by atoms with E-state index in [1.165, 1.54) is 12.1 Å². The summed E-state index contributed by atoms with van der Waals surface area (Å²) in [5.74, 6) is 1.25. The molecular formula is C12H16FN3S. The highest BCUT2D eigenvalue weighted by Gasteiger charge is 2.13. The van der Waals surface area contributed by atoms with Gasteiger partial charge in [0.05, 0.1) is 11.0 Å². The number of benzene rings is 1. The lowest BCUT2D eigenvalue weighted by Gasteiger charge is -2.15. The summed E-state index contributed by atoms with van der Waals surface area (Å²) in [6.45, 7) is 2.11. The Labute approximate surface area is 104 Å². The monoisotopic (exact) mass is 253 g/mol. The topological polar surface area (TPSA) is 43.8 Å². The van der Waals surface area contributed by atoms with Gasteiger partial charge in [-0.05, 0) is 37.5 Å². The zero-order valence-corrected chi connectivity index (χ0v) is 10.8. The van der Waals surface area contributed by atoms with Gasteiger partial charge in [-0.3, -0.25) is 0 Å². The second kappa shape index (κ2) is 4.96. The molecule has 1 heterocycles. The maximum atomic E-state index is 13.1. The fourth-order valence-electron chi connectivity index (χ4n) is 1.97. The number of anilines is 1. The summed E-state index contributed by atoms with van der Waals surface area (Å²) in [5.41, 5.74) is 7.42. The quantitative estimate of drug-likeness (QED) is 0.910. The number of hydrogen-bond donors (Lipinski definition) is 1. The van der Waals surface area contributed by atoms with Gasteiger partial charge in [-0.25, -0.2) is 9.37 Å². The fraction of sp³-hybridized carbons (Fsp3) is 0.417. The van der Waals surface area contributed by atoms with Crippen molar-refractivity contribution in [1.82, 2.24) is 9.55 Å².